The molecule has 1 unspecified atom stereocenters. The number of nitrogens with two attached hydrogens (primary N) is 1. The Bertz CT molecular complexity index is 528. The summed E-state index contributed by atoms with van der Waals surface area (Å²) in [5.41, 5.74) is 7.88. The number of amides is 1. The summed E-state index contributed by atoms with van der Waals surface area (Å²) in [6.45, 7) is 4.56. The minimum absolute atomic E-state index is 0.160. The summed E-state index contributed by atoms with van der Waals surface area (Å²) in [4.78, 5) is 25.9. The lowest BCUT2D eigenvalue weighted by Gasteiger charge is -2.23. The van der Waals surface area contributed by atoms with Crippen LogP contribution in [0.3, 0.4) is 0 Å². The van der Waals surface area contributed by atoms with Gasteiger partial charge in [-0.2, -0.15) is 0 Å². The summed E-state index contributed by atoms with van der Waals surface area (Å²) >= 11 is 0. The molecule has 1 amide bonds. The van der Waals surface area contributed by atoms with E-state index in [0.29, 0.717) is 30.8 Å². The summed E-state index contributed by atoms with van der Waals surface area (Å²) in [5, 5.41) is 0. The van der Waals surface area contributed by atoms with Crippen LogP contribution in [-0.4, -0.2) is 36.0 Å². The van der Waals surface area contributed by atoms with E-state index in [1.165, 1.54) is 0 Å². The van der Waals surface area contributed by atoms with Gasteiger partial charge in [0.2, 0.25) is 0 Å². The number of nitrogens with zero attached hydrogens (tertiary/aromatic N) is 1. The van der Waals surface area contributed by atoms with Gasteiger partial charge < -0.3 is 15.4 Å². The first kappa shape index (κ1) is 14.4. The lowest BCUT2D eigenvalue weighted by molar-refractivity contribution is -0.147. The molecule has 5 heteroatoms. The molecule has 2 rings (SSSR count). The third kappa shape index (κ3) is 2.76. The molecule has 0 radical (unpaired) electrons. The highest BCUT2D eigenvalue weighted by Crippen LogP contribution is 2.22. The molecule has 0 spiro atoms. The Morgan fingerprint density at radius 1 is 1.45 bits per heavy atom. The maximum absolute atomic E-state index is 12.5. The van der Waals surface area contributed by atoms with E-state index in [-0.39, 0.29) is 11.9 Å². The van der Waals surface area contributed by atoms with Crippen LogP contribution in [-0.2, 0) is 9.53 Å². The van der Waals surface area contributed by atoms with Crippen molar-refractivity contribution in [2.45, 2.75) is 32.7 Å². The predicted octanol–water partition coefficient (Wildman–Crippen LogP) is 1.74. The third-order valence-electron chi connectivity index (χ3n) is 3.60. The molecule has 1 aliphatic rings. The van der Waals surface area contributed by atoms with Gasteiger partial charge in [0.25, 0.3) is 5.91 Å². The Morgan fingerprint density at radius 3 is 2.85 bits per heavy atom. The second-order valence-electron chi connectivity index (χ2n) is 4.98. The Morgan fingerprint density at radius 2 is 2.20 bits per heavy atom. The van der Waals surface area contributed by atoms with E-state index in [2.05, 4.69) is 0 Å². The molecule has 1 aromatic rings. The number of rotatable bonds is 3. The van der Waals surface area contributed by atoms with Crippen LogP contribution >= 0.6 is 0 Å². The SMILES string of the molecule is CCOC(=O)C1CCCN1C(=O)c1ccc(C)c(N)c1. The van der Waals surface area contributed by atoms with Crippen molar-refractivity contribution in [2.24, 2.45) is 0 Å². The number of ether oxygens (including phenoxy) is 1. The third-order valence-corrected chi connectivity index (χ3v) is 3.60. The highest BCUT2D eigenvalue weighted by molar-refractivity contribution is 5.98. The largest absolute Gasteiger partial charge is 0.464 e. The molecule has 5 nitrogen and oxygen atoms in total. The van der Waals surface area contributed by atoms with Gasteiger partial charge in [0.15, 0.2) is 0 Å². The highest BCUT2D eigenvalue weighted by atomic mass is 16.5. The second kappa shape index (κ2) is 5.94. The molecule has 2 N–H and O–H groups in total. The number of carbonyl (C=O) groups is 2. The molecular weight excluding hydrogens is 256 g/mol. The summed E-state index contributed by atoms with van der Waals surface area (Å²) in [5.74, 6) is -0.481. The zero-order chi connectivity index (χ0) is 14.7. The molecule has 108 valence electrons. The summed E-state index contributed by atoms with van der Waals surface area (Å²) < 4.78 is 5.03. The Balaban J connectivity index is 2.18. The van der Waals surface area contributed by atoms with Crippen LogP contribution in [0.4, 0.5) is 5.69 Å². The van der Waals surface area contributed by atoms with E-state index >= 15 is 0 Å². The molecule has 1 saturated heterocycles. The monoisotopic (exact) mass is 276 g/mol. The van der Waals surface area contributed by atoms with Crippen molar-refractivity contribution in [1.82, 2.24) is 4.90 Å². The molecule has 1 atom stereocenters. The maximum atomic E-state index is 12.5. The number of benzene rings is 1. The lowest BCUT2D eigenvalue weighted by atomic mass is 10.1. The number of nitrogen functional groups attached to an aromatic ring is 1. The van der Waals surface area contributed by atoms with Gasteiger partial charge in [0.05, 0.1) is 6.61 Å². The standard InChI is InChI=1S/C15H20N2O3/c1-3-20-15(19)13-5-4-8-17(13)14(18)11-7-6-10(2)12(16)9-11/h6-7,9,13H,3-5,8,16H2,1-2H3. The highest BCUT2D eigenvalue weighted by Gasteiger charge is 2.35. The van der Waals surface area contributed by atoms with Crippen LogP contribution < -0.4 is 5.73 Å². The molecule has 20 heavy (non-hydrogen) atoms. The van der Waals surface area contributed by atoms with Crippen LogP contribution in [0.5, 0.6) is 0 Å². The Labute approximate surface area is 118 Å². The summed E-state index contributed by atoms with van der Waals surface area (Å²) in [7, 11) is 0. The minimum atomic E-state index is -0.468. The summed E-state index contributed by atoms with van der Waals surface area (Å²) in [6, 6.07) is 4.76. The summed E-state index contributed by atoms with van der Waals surface area (Å²) in [6.07, 6.45) is 1.47. The van der Waals surface area contributed by atoms with Gasteiger partial charge in [-0.3, -0.25) is 4.79 Å². The van der Waals surface area contributed by atoms with Gasteiger partial charge in [0, 0.05) is 17.8 Å². The first-order valence-electron chi connectivity index (χ1n) is 6.88. The molecule has 1 aliphatic heterocycles. The fourth-order valence-corrected chi connectivity index (χ4v) is 2.43. The molecule has 0 saturated carbocycles. The zero-order valence-electron chi connectivity index (χ0n) is 11.9. The second-order valence-corrected chi connectivity index (χ2v) is 4.98. The molecule has 0 aromatic heterocycles. The number of aryl methyl sites for hydroxylation is 1. The average Bonchev–Trinajstić information content (AvgIpc) is 2.90. The van der Waals surface area contributed by atoms with Crippen molar-refractivity contribution in [3.63, 3.8) is 0 Å². The number of likely N-dealkylation sites (tertiary alicyclic amines) is 1. The van der Waals surface area contributed by atoms with Gasteiger partial charge in [-0.15, -0.1) is 0 Å². The van der Waals surface area contributed by atoms with Crippen LogP contribution in [0.2, 0.25) is 0 Å². The number of anilines is 1. The molecular formula is C15H20N2O3. The normalized spacial score (nSPS) is 18.1. The van der Waals surface area contributed by atoms with Crippen LogP contribution in [0, 0.1) is 6.92 Å². The molecule has 1 fully saturated rings. The van der Waals surface area contributed by atoms with E-state index in [1.807, 2.05) is 13.0 Å². The fourth-order valence-electron chi connectivity index (χ4n) is 2.43. The van der Waals surface area contributed by atoms with Crippen LogP contribution in [0.1, 0.15) is 35.7 Å². The molecule has 1 aromatic carbocycles. The van der Waals surface area contributed by atoms with Gasteiger partial charge in [-0.1, -0.05) is 6.07 Å². The molecule has 1 heterocycles. The molecule has 0 bridgehead atoms. The van der Waals surface area contributed by atoms with Gasteiger partial charge >= 0.3 is 5.97 Å². The van der Waals surface area contributed by atoms with Crippen molar-refractivity contribution < 1.29 is 14.3 Å². The van der Waals surface area contributed by atoms with Crippen LogP contribution in [0.25, 0.3) is 0 Å². The Kier molecular flexibility index (Phi) is 4.27. The zero-order valence-corrected chi connectivity index (χ0v) is 11.9. The van der Waals surface area contributed by atoms with E-state index in [4.69, 9.17) is 10.5 Å². The van der Waals surface area contributed by atoms with Crippen molar-refractivity contribution >= 4 is 17.6 Å². The van der Waals surface area contributed by atoms with Gasteiger partial charge in [-0.25, -0.2) is 4.79 Å². The van der Waals surface area contributed by atoms with E-state index in [9.17, 15) is 9.59 Å². The number of hydrogen-bond acceptors (Lipinski definition) is 4. The van der Waals surface area contributed by atoms with E-state index < -0.39 is 6.04 Å². The first-order chi connectivity index (χ1) is 9.54. The predicted molar refractivity (Wildman–Crippen MR) is 76.3 cm³/mol. The van der Waals surface area contributed by atoms with E-state index in [0.717, 1.165) is 12.0 Å². The van der Waals surface area contributed by atoms with Crippen molar-refractivity contribution in [3.8, 4) is 0 Å². The first-order valence-corrected chi connectivity index (χ1v) is 6.88. The molecule has 0 aliphatic carbocycles. The van der Waals surface area contributed by atoms with Crippen molar-refractivity contribution in [1.29, 1.82) is 0 Å². The number of esters is 1. The van der Waals surface area contributed by atoms with E-state index in [1.54, 1.807) is 24.0 Å². The topological polar surface area (TPSA) is 72.6 Å². The quantitative estimate of drug-likeness (QED) is 0.674. The smallest absolute Gasteiger partial charge is 0.328 e. The minimum Gasteiger partial charge on any atom is -0.464 e. The average molecular weight is 276 g/mol. The Hall–Kier alpha value is -2.04. The van der Waals surface area contributed by atoms with Gasteiger partial charge in [0.1, 0.15) is 6.04 Å². The van der Waals surface area contributed by atoms with Crippen molar-refractivity contribution in [2.75, 3.05) is 18.9 Å². The van der Waals surface area contributed by atoms with Gasteiger partial charge in [-0.05, 0) is 44.4 Å². The van der Waals surface area contributed by atoms with Crippen LogP contribution in [0.15, 0.2) is 18.2 Å². The van der Waals surface area contributed by atoms with Crippen molar-refractivity contribution in [3.05, 3.63) is 29.3 Å². The maximum Gasteiger partial charge on any atom is 0.328 e. The fraction of sp³-hybridized carbons (Fsp3) is 0.467. The lowest BCUT2D eigenvalue weighted by Crippen LogP contribution is -2.41. The number of hydrogen-bond donors (Lipinski definition) is 1. The number of carbonyl (C=O) groups excluding carboxylic acids is 2.